The summed E-state index contributed by atoms with van der Waals surface area (Å²) in [6, 6.07) is 9.63. The van der Waals surface area contributed by atoms with E-state index in [0.717, 1.165) is 17.7 Å². The molecule has 0 aromatic heterocycles. The third kappa shape index (κ3) is 3.45. The number of phenols is 1. The number of phenolic OH excluding ortho intramolecular Hbond substituents is 1. The molecule has 0 bridgehead atoms. The summed E-state index contributed by atoms with van der Waals surface area (Å²) in [4.78, 5) is 10.8. The highest BCUT2D eigenvalue weighted by Gasteiger charge is 2.08. The van der Waals surface area contributed by atoms with Gasteiger partial charge in [0.2, 0.25) is 0 Å². The Labute approximate surface area is 108 Å². The Balaban J connectivity index is 2.11. The fourth-order valence-electron chi connectivity index (χ4n) is 1.53. The van der Waals surface area contributed by atoms with Crippen LogP contribution >= 0.6 is 0 Å². The molecule has 2 rings (SSSR count). The van der Waals surface area contributed by atoms with E-state index in [2.05, 4.69) is 0 Å². The summed E-state index contributed by atoms with van der Waals surface area (Å²) >= 11 is 0. The molecule has 0 saturated carbocycles. The molecule has 0 aliphatic rings. The first-order chi connectivity index (χ1) is 9.04. The van der Waals surface area contributed by atoms with E-state index in [0.29, 0.717) is 0 Å². The molecule has 98 valence electrons. The van der Waals surface area contributed by atoms with Crippen LogP contribution in [0.15, 0.2) is 42.5 Å². The molecule has 0 radical (unpaired) electrons. The highest BCUT2D eigenvalue weighted by molar-refractivity contribution is 5.88. The molecule has 0 heterocycles. The van der Waals surface area contributed by atoms with Gasteiger partial charge in [-0.1, -0.05) is 12.1 Å². The van der Waals surface area contributed by atoms with Crippen LogP contribution in [0, 0.1) is 5.82 Å². The second kappa shape index (κ2) is 5.39. The third-order valence-corrected chi connectivity index (χ3v) is 2.46. The molecule has 0 amide bonds. The summed E-state index contributed by atoms with van der Waals surface area (Å²) in [6.45, 7) is 0.156. The maximum Gasteiger partial charge on any atom is 0.335 e. The summed E-state index contributed by atoms with van der Waals surface area (Å²) in [7, 11) is 0. The van der Waals surface area contributed by atoms with Gasteiger partial charge in [0, 0.05) is 6.07 Å². The monoisotopic (exact) mass is 262 g/mol. The van der Waals surface area contributed by atoms with Crippen molar-refractivity contribution in [3.63, 3.8) is 0 Å². The van der Waals surface area contributed by atoms with Crippen LogP contribution in [0.2, 0.25) is 0 Å². The number of carbonyl (C=O) groups is 1. The predicted molar refractivity (Wildman–Crippen MR) is 65.8 cm³/mol. The molecule has 0 atom stereocenters. The van der Waals surface area contributed by atoms with Gasteiger partial charge in [0.1, 0.15) is 23.9 Å². The number of rotatable bonds is 4. The first kappa shape index (κ1) is 12.9. The van der Waals surface area contributed by atoms with Crippen LogP contribution in [0.4, 0.5) is 4.39 Å². The fourth-order valence-corrected chi connectivity index (χ4v) is 1.53. The largest absolute Gasteiger partial charge is 0.508 e. The molecule has 2 aromatic carbocycles. The van der Waals surface area contributed by atoms with E-state index in [1.165, 1.54) is 18.2 Å². The summed E-state index contributed by atoms with van der Waals surface area (Å²) in [5.74, 6) is -1.59. The predicted octanol–water partition coefficient (Wildman–Crippen LogP) is 2.81. The summed E-state index contributed by atoms with van der Waals surface area (Å²) in [5.41, 5.74) is 0.611. The zero-order valence-electron chi connectivity index (χ0n) is 9.84. The number of carboxylic acid groups (broad SMARTS) is 1. The lowest BCUT2D eigenvalue weighted by Gasteiger charge is -2.07. The number of hydrogen-bond donors (Lipinski definition) is 2. The van der Waals surface area contributed by atoms with Gasteiger partial charge in [-0.2, -0.15) is 0 Å². The minimum Gasteiger partial charge on any atom is -0.508 e. The molecule has 2 N–H and O–H groups in total. The van der Waals surface area contributed by atoms with Gasteiger partial charge in [-0.3, -0.25) is 0 Å². The summed E-state index contributed by atoms with van der Waals surface area (Å²) in [6.07, 6.45) is 0. The van der Waals surface area contributed by atoms with Crippen molar-refractivity contribution >= 4 is 5.97 Å². The number of carboxylic acids is 1. The van der Waals surface area contributed by atoms with Crippen LogP contribution in [-0.2, 0) is 6.61 Å². The molecule has 0 aliphatic heterocycles. The van der Waals surface area contributed by atoms with E-state index in [1.807, 2.05) is 0 Å². The van der Waals surface area contributed by atoms with Crippen LogP contribution in [0.3, 0.4) is 0 Å². The molecule has 5 heteroatoms. The SMILES string of the molecule is O=C(O)c1cc(F)cc(OCc2ccc(O)cc2)c1. The van der Waals surface area contributed by atoms with Crippen molar-refractivity contribution in [1.29, 1.82) is 0 Å². The Kier molecular flexibility index (Phi) is 3.66. The number of benzene rings is 2. The Morgan fingerprint density at radius 2 is 1.84 bits per heavy atom. The van der Waals surface area contributed by atoms with Gasteiger partial charge in [0.15, 0.2) is 0 Å². The molecule has 0 saturated heterocycles. The molecule has 0 unspecified atom stereocenters. The first-order valence-electron chi connectivity index (χ1n) is 5.49. The topological polar surface area (TPSA) is 66.8 Å². The van der Waals surface area contributed by atoms with E-state index in [4.69, 9.17) is 14.9 Å². The maximum atomic E-state index is 13.2. The van der Waals surface area contributed by atoms with Crippen LogP contribution in [0.1, 0.15) is 15.9 Å². The molecular weight excluding hydrogens is 251 g/mol. The lowest BCUT2D eigenvalue weighted by atomic mass is 10.2. The molecule has 0 fully saturated rings. The number of hydrogen-bond acceptors (Lipinski definition) is 3. The number of aromatic hydroxyl groups is 1. The quantitative estimate of drug-likeness (QED) is 0.889. The number of ether oxygens (including phenoxy) is 1. The van der Waals surface area contributed by atoms with Gasteiger partial charge in [-0.05, 0) is 29.8 Å². The molecule has 0 spiro atoms. The minimum absolute atomic E-state index is 0.141. The van der Waals surface area contributed by atoms with Gasteiger partial charge in [-0.15, -0.1) is 0 Å². The maximum absolute atomic E-state index is 13.2. The first-order valence-corrected chi connectivity index (χ1v) is 5.49. The molecule has 4 nitrogen and oxygen atoms in total. The van der Waals surface area contributed by atoms with Gasteiger partial charge in [0.25, 0.3) is 0 Å². The van der Waals surface area contributed by atoms with Gasteiger partial charge >= 0.3 is 5.97 Å². The normalized spacial score (nSPS) is 10.2. The fraction of sp³-hybridized carbons (Fsp3) is 0.0714. The van der Waals surface area contributed by atoms with Crippen LogP contribution < -0.4 is 4.74 Å². The van der Waals surface area contributed by atoms with Crippen LogP contribution in [0.25, 0.3) is 0 Å². The minimum atomic E-state index is -1.21. The third-order valence-electron chi connectivity index (χ3n) is 2.46. The molecule has 19 heavy (non-hydrogen) atoms. The lowest BCUT2D eigenvalue weighted by Crippen LogP contribution is -2.00. The molecule has 0 aliphatic carbocycles. The van der Waals surface area contributed by atoms with Crippen molar-refractivity contribution in [3.8, 4) is 11.5 Å². The molecular formula is C14H11FO4. The van der Waals surface area contributed by atoms with E-state index in [1.54, 1.807) is 12.1 Å². The van der Waals surface area contributed by atoms with E-state index < -0.39 is 11.8 Å². The Morgan fingerprint density at radius 1 is 1.16 bits per heavy atom. The Bertz CT molecular complexity index is 593. The standard InChI is InChI=1S/C14H11FO4/c15-11-5-10(14(17)18)6-13(7-11)19-8-9-1-3-12(16)4-2-9/h1-7,16H,8H2,(H,17,18). The highest BCUT2D eigenvalue weighted by Crippen LogP contribution is 2.18. The van der Waals surface area contributed by atoms with E-state index >= 15 is 0 Å². The number of halogens is 1. The highest BCUT2D eigenvalue weighted by atomic mass is 19.1. The van der Waals surface area contributed by atoms with E-state index in [9.17, 15) is 9.18 Å². The average molecular weight is 262 g/mol. The van der Waals surface area contributed by atoms with Crippen molar-refractivity contribution < 1.29 is 24.1 Å². The van der Waals surface area contributed by atoms with Crippen molar-refractivity contribution in [2.75, 3.05) is 0 Å². The van der Waals surface area contributed by atoms with Gasteiger partial charge in [0.05, 0.1) is 5.56 Å². The lowest BCUT2D eigenvalue weighted by molar-refractivity contribution is 0.0695. The number of aromatic carboxylic acids is 1. The second-order valence-corrected chi connectivity index (χ2v) is 3.94. The van der Waals surface area contributed by atoms with E-state index in [-0.39, 0.29) is 23.7 Å². The van der Waals surface area contributed by atoms with Crippen LogP contribution in [-0.4, -0.2) is 16.2 Å². The van der Waals surface area contributed by atoms with Crippen molar-refractivity contribution in [2.45, 2.75) is 6.61 Å². The summed E-state index contributed by atoms with van der Waals surface area (Å²) in [5, 5.41) is 17.9. The smallest absolute Gasteiger partial charge is 0.335 e. The van der Waals surface area contributed by atoms with Crippen molar-refractivity contribution in [3.05, 3.63) is 59.4 Å². The van der Waals surface area contributed by atoms with Gasteiger partial charge < -0.3 is 14.9 Å². The second-order valence-electron chi connectivity index (χ2n) is 3.94. The zero-order chi connectivity index (χ0) is 13.8. The zero-order valence-corrected chi connectivity index (χ0v) is 9.84. The van der Waals surface area contributed by atoms with Crippen LogP contribution in [0.5, 0.6) is 11.5 Å². The summed E-state index contributed by atoms with van der Waals surface area (Å²) < 4.78 is 18.5. The van der Waals surface area contributed by atoms with Gasteiger partial charge in [-0.25, -0.2) is 9.18 Å². The Hall–Kier alpha value is -2.56. The molecule has 2 aromatic rings. The average Bonchev–Trinajstić information content (AvgIpc) is 2.37. The van der Waals surface area contributed by atoms with Crippen molar-refractivity contribution in [2.24, 2.45) is 0 Å². The Morgan fingerprint density at radius 3 is 2.47 bits per heavy atom. The van der Waals surface area contributed by atoms with Crippen molar-refractivity contribution in [1.82, 2.24) is 0 Å².